The SMILES string of the molecule is CC1CC(=O)N(C2CCN(C)C2)C(C)C1C(=O)O. The molecule has 102 valence electrons. The lowest BCUT2D eigenvalue weighted by Gasteiger charge is -2.43. The molecule has 0 aromatic heterocycles. The van der Waals surface area contributed by atoms with Gasteiger partial charge in [0.2, 0.25) is 5.91 Å². The van der Waals surface area contributed by atoms with Crippen LogP contribution >= 0.6 is 0 Å². The maximum atomic E-state index is 12.2. The van der Waals surface area contributed by atoms with E-state index in [4.69, 9.17) is 0 Å². The van der Waals surface area contributed by atoms with Crippen molar-refractivity contribution >= 4 is 11.9 Å². The summed E-state index contributed by atoms with van der Waals surface area (Å²) in [5, 5.41) is 9.33. The number of piperidine rings is 1. The largest absolute Gasteiger partial charge is 0.481 e. The number of likely N-dealkylation sites (N-methyl/N-ethyl adjacent to an activating group) is 1. The van der Waals surface area contributed by atoms with Crippen molar-refractivity contribution in [2.24, 2.45) is 11.8 Å². The zero-order chi connectivity index (χ0) is 13.4. The van der Waals surface area contributed by atoms with Crippen molar-refractivity contribution in [1.29, 1.82) is 0 Å². The van der Waals surface area contributed by atoms with Crippen molar-refractivity contribution in [2.45, 2.75) is 38.8 Å². The first-order valence-electron chi connectivity index (χ1n) is 6.64. The number of rotatable bonds is 2. The number of carboxylic acid groups (broad SMARTS) is 1. The van der Waals surface area contributed by atoms with Gasteiger partial charge in [0.1, 0.15) is 0 Å². The van der Waals surface area contributed by atoms with Gasteiger partial charge in [-0.2, -0.15) is 0 Å². The smallest absolute Gasteiger partial charge is 0.308 e. The third-order valence-corrected chi connectivity index (χ3v) is 4.40. The molecule has 5 nitrogen and oxygen atoms in total. The highest BCUT2D eigenvalue weighted by molar-refractivity contribution is 5.82. The van der Waals surface area contributed by atoms with Gasteiger partial charge in [0.05, 0.1) is 5.92 Å². The number of hydrogen-bond acceptors (Lipinski definition) is 3. The molecule has 0 radical (unpaired) electrons. The molecule has 4 atom stereocenters. The van der Waals surface area contributed by atoms with Gasteiger partial charge in [-0.15, -0.1) is 0 Å². The predicted octanol–water partition coefficient (Wildman–Crippen LogP) is 0.648. The predicted molar refractivity (Wildman–Crippen MR) is 67.1 cm³/mol. The maximum absolute atomic E-state index is 12.2. The summed E-state index contributed by atoms with van der Waals surface area (Å²) < 4.78 is 0. The average Bonchev–Trinajstić information content (AvgIpc) is 2.63. The molecule has 0 spiro atoms. The number of nitrogens with zero attached hydrogens (tertiary/aromatic N) is 2. The number of aliphatic carboxylic acids is 1. The molecule has 2 saturated heterocycles. The Morgan fingerprint density at radius 1 is 1.39 bits per heavy atom. The second-order valence-electron chi connectivity index (χ2n) is 5.79. The first kappa shape index (κ1) is 13.3. The van der Waals surface area contributed by atoms with Crippen LogP contribution in [0.4, 0.5) is 0 Å². The van der Waals surface area contributed by atoms with Crippen molar-refractivity contribution in [3.05, 3.63) is 0 Å². The van der Waals surface area contributed by atoms with Gasteiger partial charge in [-0.05, 0) is 32.9 Å². The van der Waals surface area contributed by atoms with E-state index in [0.717, 1.165) is 19.5 Å². The highest BCUT2D eigenvalue weighted by atomic mass is 16.4. The van der Waals surface area contributed by atoms with Crippen LogP contribution in [-0.2, 0) is 9.59 Å². The Balaban J connectivity index is 2.18. The summed E-state index contributed by atoms with van der Waals surface area (Å²) in [6, 6.07) is -0.0119. The van der Waals surface area contributed by atoms with Gasteiger partial charge >= 0.3 is 5.97 Å². The van der Waals surface area contributed by atoms with E-state index in [0.29, 0.717) is 6.42 Å². The second-order valence-corrected chi connectivity index (χ2v) is 5.79. The van der Waals surface area contributed by atoms with Crippen molar-refractivity contribution in [3.63, 3.8) is 0 Å². The molecule has 0 saturated carbocycles. The van der Waals surface area contributed by atoms with E-state index in [1.54, 1.807) is 0 Å². The van der Waals surface area contributed by atoms with E-state index >= 15 is 0 Å². The Labute approximate surface area is 108 Å². The van der Waals surface area contributed by atoms with E-state index in [2.05, 4.69) is 4.90 Å². The minimum absolute atomic E-state index is 0.0691. The number of amides is 1. The first-order valence-corrected chi connectivity index (χ1v) is 6.64. The third-order valence-electron chi connectivity index (χ3n) is 4.40. The summed E-state index contributed by atoms with van der Waals surface area (Å²) in [5.41, 5.74) is 0. The molecule has 5 heteroatoms. The Morgan fingerprint density at radius 2 is 2.06 bits per heavy atom. The zero-order valence-corrected chi connectivity index (χ0v) is 11.3. The van der Waals surface area contributed by atoms with Crippen molar-refractivity contribution in [1.82, 2.24) is 9.80 Å². The molecule has 18 heavy (non-hydrogen) atoms. The average molecular weight is 254 g/mol. The van der Waals surface area contributed by atoms with Crippen LogP contribution in [0.15, 0.2) is 0 Å². The Bertz CT molecular complexity index is 358. The van der Waals surface area contributed by atoms with Crippen LogP contribution in [0.3, 0.4) is 0 Å². The Hall–Kier alpha value is -1.10. The summed E-state index contributed by atoms with van der Waals surface area (Å²) in [5.74, 6) is -1.17. The quantitative estimate of drug-likeness (QED) is 0.786. The Kier molecular flexibility index (Phi) is 3.61. The molecule has 0 aromatic rings. The summed E-state index contributed by atoms with van der Waals surface area (Å²) in [7, 11) is 2.04. The summed E-state index contributed by atoms with van der Waals surface area (Å²) >= 11 is 0. The van der Waals surface area contributed by atoms with E-state index in [1.165, 1.54) is 0 Å². The lowest BCUT2D eigenvalue weighted by Crippen LogP contribution is -2.57. The van der Waals surface area contributed by atoms with Crippen molar-refractivity contribution < 1.29 is 14.7 Å². The highest BCUT2D eigenvalue weighted by Gasteiger charge is 2.45. The van der Waals surface area contributed by atoms with Crippen LogP contribution in [0.5, 0.6) is 0 Å². The van der Waals surface area contributed by atoms with Gasteiger partial charge in [0, 0.05) is 25.0 Å². The van der Waals surface area contributed by atoms with E-state index in [-0.39, 0.29) is 23.9 Å². The number of carboxylic acids is 1. The summed E-state index contributed by atoms with van der Waals surface area (Å²) in [6.45, 7) is 5.58. The fraction of sp³-hybridized carbons (Fsp3) is 0.846. The minimum Gasteiger partial charge on any atom is -0.481 e. The van der Waals surface area contributed by atoms with Gasteiger partial charge in [0.25, 0.3) is 0 Å². The van der Waals surface area contributed by atoms with Crippen LogP contribution < -0.4 is 0 Å². The van der Waals surface area contributed by atoms with Gasteiger partial charge in [-0.1, -0.05) is 6.92 Å². The normalized spacial score (nSPS) is 38.2. The molecular formula is C13H22N2O3. The fourth-order valence-electron chi connectivity index (χ4n) is 3.51. The third kappa shape index (κ3) is 2.23. The van der Waals surface area contributed by atoms with E-state index in [9.17, 15) is 14.7 Å². The number of carbonyl (C=O) groups is 2. The van der Waals surface area contributed by atoms with Gasteiger partial charge in [-0.25, -0.2) is 0 Å². The summed E-state index contributed by atoms with van der Waals surface area (Å²) in [6.07, 6.45) is 1.31. The molecule has 2 aliphatic rings. The van der Waals surface area contributed by atoms with E-state index in [1.807, 2.05) is 25.8 Å². The molecule has 2 heterocycles. The second kappa shape index (κ2) is 4.88. The lowest BCUT2D eigenvalue weighted by molar-refractivity contribution is -0.156. The van der Waals surface area contributed by atoms with Crippen molar-refractivity contribution in [3.8, 4) is 0 Å². The molecule has 0 aliphatic carbocycles. The molecule has 2 aliphatic heterocycles. The molecule has 0 aromatic carbocycles. The van der Waals surface area contributed by atoms with Gasteiger partial charge in [-0.3, -0.25) is 9.59 Å². The van der Waals surface area contributed by atoms with Crippen LogP contribution in [0.1, 0.15) is 26.7 Å². The van der Waals surface area contributed by atoms with Crippen LogP contribution in [0.25, 0.3) is 0 Å². The lowest BCUT2D eigenvalue weighted by atomic mass is 9.80. The number of hydrogen-bond donors (Lipinski definition) is 1. The maximum Gasteiger partial charge on any atom is 0.308 e. The molecule has 0 bridgehead atoms. The monoisotopic (exact) mass is 254 g/mol. The molecule has 4 unspecified atom stereocenters. The van der Waals surface area contributed by atoms with Gasteiger partial charge in [0.15, 0.2) is 0 Å². The molecule has 2 fully saturated rings. The van der Waals surface area contributed by atoms with E-state index < -0.39 is 11.9 Å². The Morgan fingerprint density at radius 3 is 2.56 bits per heavy atom. The van der Waals surface area contributed by atoms with Crippen LogP contribution in [0.2, 0.25) is 0 Å². The number of likely N-dealkylation sites (tertiary alicyclic amines) is 2. The highest BCUT2D eigenvalue weighted by Crippen LogP contribution is 2.33. The standard InChI is InChI=1S/C13H22N2O3/c1-8-6-11(16)15(9(2)12(8)13(17)18)10-4-5-14(3)7-10/h8-10,12H,4-7H2,1-3H3,(H,17,18). The molecule has 2 rings (SSSR count). The zero-order valence-electron chi connectivity index (χ0n) is 11.3. The summed E-state index contributed by atoms with van der Waals surface area (Å²) in [4.78, 5) is 27.6. The first-order chi connectivity index (χ1) is 8.41. The topological polar surface area (TPSA) is 60.9 Å². The van der Waals surface area contributed by atoms with Crippen molar-refractivity contribution in [2.75, 3.05) is 20.1 Å². The van der Waals surface area contributed by atoms with Crippen LogP contribution in [0, 0.1) is 11.8 Å². The minimum atomic E-state index is -0.779. The molecule has 1 amide bonds. The van der Waals surface area contributed by atoms with Crippen LogP contribution in [-0.4, -0.2) is 59.0 Å². The number of carbonyl (C=O) groups excluding carboxylic acids is 1. The van der Waals surface area contributed by atoms with Gasteiger partial charge < -0.3 is 14.9 Å². The molecular weight excluding hydrogens is 232 g/mol. The fourth-order valence-corrected chi connectivity index (χ4v) is 3.51. The molecule has 1 N–H and O–H groups in total.